The van der Waals surface area contributed by atoms with Gasteiger partial charge in [-0.15, -0.1) is 0 Å². The lowest BCUT2D eigenvalue weighted by Gasteiger charge is -2.04. The van der Waals surface area contributed by atoms with Crippen LogP contribution in [0.1, 0.15) is 10.4 Å². The van der Waals surface area contributed by atoms with Crippen molar-refractivity contribution in [1.82, 2.24) is 9.97 Å². The van der Waals surface area contributed by atoms with Gasteiger partial charge in [-0.25, -0.2) is 4.39 Å². The van der Waals surface area contributed by atoms with E-state index in [1.54, 1.807) is 24.5 Å². The molecule has 0 saturated carbocycles. The summed E-state index contributed by atoms with van der Waals surface area (Å²) in [5, 5.41) is 2.55. The maximum absolute atomic E-state index is 13.2. The monoisotopic (exact) mass is 217 g/mol. The molecule has 5 heteroatoms. The van der Waals surface area contributed by atoms with Crippen LogP contribution in [0.2, 0.25) is 0 Å². The lowest BCUT2D eigenvalue weighted by atomic mass is 10.2. The van der Waals surface area contributed by atoms with Crippen molar-refractivity contribution in [3.05, 3.63) is 54.4 Å². The minimum Gasteiger partial charge on any atom is -0.322 e. The molecule has 80 valence electrons. The van der Waals surface area contributed by atoms with Crippen molar-refractivity contribution in [2.24, 2.45) is 0 Å². The summed E-state index contributed by atoms with van der Waals surface area (Å²) in [7, 11) is 0. The topological polar surface area (TPSA) is 54.9 Å². The Morgan fingerprint density at radius 1 is 1.12 bits per heavy atom. The number of carbonyl (C=O) groups excluding carboxylic acids is 1. The smallest absolute Gasteiger partial charge is 0.258 e. The molecule has 0 spiro atoms. The number of hydrogen-bond donors (Lipinski definition) is 1. The molecule has 1 N–H and O–H groups in total. The van der Waals surface area contributed by atoms with E-state index in [0.717, 1.165) is 6.20 Å². The SMILES string of the molecule is O=C(Nc1ccncc1)c1ccncc1F. The highest BCUT2D eigenvalue weighted by Gasteiger charge is 2.10. The first kappa shape index (κ1) is 10.2. The molecule has 0 fully saturated rings. The third-order valence-corrected chi connectivity index (χ3v) is 1.96. The second-order valence-electron chi connectivity index (χ2n) is 3.05. The van der Waals surface area contributed by atoms with Crippen molar-refractivity contribution in [1.29, 1.82) is 0 Å². The molecule has 1 amide bonds. The van der Waals surface area contributed by atoms with Crippen molar-refractivity contribution < 1.29 is 9.18 Å². The van der Waals surface area contributed by atoms with E-state index in [4.69, 9.17) is 0 Å². The molecule has 0 bridgehead atoms. The van der Waals surface area contributed by atoms with E-state index in [1.807, 2.05) is 0 Å². The van der Waals surface area contributed by atoms with Crippen LogP contribution in [0.4, 0.5) is 10.1 Å². The van der Waals surface area contributed by atoms with E-state index in [-0.39, 0.29) is 5.56 Å². The Labute approximate surface area is 91.2 Å². The number of carbonyl (C=O) groups is 1. The molecule has 0 radical (unpaired) electrons. The molecule has 0 aliphatic heterocycles. The van der Waals surface area contributed by atoms with Gasteiger partial charge in [0, 0.05) is 24.3 Å². The fourth-order valence-corrected chi connectivity index (χ4v) is 1.19. The Morgan fingerprint density at radius 2 is 1.81 bits per heavy atom. The molecule has 2 heterocycles. The Balaban J connectivity index is 2.19. The highest BCUT2D eigenvalue weighted by molar-refractivity contribution is 6.04. The van der Waals surface area contributed by atoms with Crippen LogP contribution in [0, 0.1) is 5.82 Å². The largest absolute Gasteiger partial charge is 0.322 e. The lowest BCUT2D eigenvalue weighted by molar-refractivity contribution is 0.102. The molecular formula is C11H8FN3O. The zero-order chi connectivity index (χ0) is 11.4. The van der Waals surface area contributed by atoms with Crippen LogP contribution in [0.3, 0.4) is 0 Å². The van der Waals surface area contributed by atoms with Gasteiger partial charge in [0.05, 0.1) is 11.8 Å². The maximum Gasteiger partial charge on any atom is 0.258 e. The number of aromatic nitrogens is 2. The van der Waals surface area contributed by atoms with Gasteiger partial charge in [-0.3, -0.25) is 14.8 Å². The summed E-state index contributed by atoms with van der Waals surface area (Å²) >= 11 is 0. The van der Waals surface area contributed by atoms with Gasteiger partial charge in [0.25, 0.3) is 5.91 Å². The number of rotatable bonds is 2. The first-order chi connectivity index (χ1) is 7.77. The van der Waals surface area contributed by atoms with Crippen LogP contribution in [-0.2, 0) is 0 Å². The van der Waals surface area contributed by atoms with Gasteiger partial charge < -0.3 is 5.32 Å². The first-order valence-corrected chi connectivity index (χ1v) is 4.58. The van der Waals surface area contributed by atoms with Gasteiger partial charge in [0.2, 0.25) is 0 Å². The third-order valence-electron chi connectivity index (χ3n) is 1.96. The fourth-order valence-electron chi connectivity index (χ4n) is 1.19. The lowest BCUT2D eigenvalue weighted by Crippen LogP contribution is -2.13. The number of nitrogens with one attached hydrogen (secondary N) is 1. The van der Waals surface area contributed by atoms with E-state index in [0.29, 0.717) is 5.69 Å². The van der Waals surface area contributed by atoms with Crippen molar-refractivity contribution in [3.8, 4) is 0 Å². The van der Waals surface area contributed by atoms with E-state index >= 15 is 0 Å². The number of pyridine rings is 2. The average molecular weight is 217 g/mol. The number of hydrogen-bond acceptors (Lipinski definition) is 3. The van der Waals surface area contributed by atoms with Gasteiger partial charge in [-0.2, -0.15) is 0 Å². The summed E-state index contributed by atoms with van der Waals surface area (Å²) in [6.45, 7) is 0. The van der Waals surface area contributed by atoms with Crippen LogP contribution in [0.15, 0.2) is 43.0 Å². The predicted octanol–water partition coefficient (Wildman–Crippen LogP) is 1.87. The van der Waals surface area contributed by atoms with Gasteiger partial charge in [-0.05, 0) is 18.2 Å². The van der Waals surface area contributed by atoms with Crippen LogP contribution < -0.4 is 5.32 Å². The molecule has 0 aliphatic rings. The molecule has 2 rings (SSSR count). The van der Waals surface area contributed by atoms with Gasteiger partial charge in [0.15, 0.2) is 5.82 Å². The molecule has 4 nitrogen and oxygen atoms in total. The minimum atomic E-state index is -0.644. The van der Waals surface area contributed by atoms with Crippen LogP contribution in [-0.4, -0.2) is 15.9 Å². The van der Waals surface area contributed by atoms with E-state index in [2.05, 4.69) is 15.3 Å². The Hall–Kier alpha value is -2.30. The average Bonchev–Trinajstić information content (AvgIpc) is 2.31. The van der Waals surface area contributed by atoms with E-state index in [9.17, 15) is 9.18 Å². The number of amides is 1. The standard InChI is InChI=1S/C11H8FN3O/c12-10-7-14-6-3-9(10)11(16)15-8-1-4-13-5-2-8/h1-7H,(H,13,15,16). The predicted molar refractivity (Wildman–Crippen MR) is 56.4 cm³/mol. The normalized spacial score (nSPS) is 9.81. The molecular weight excluding hydrogens is 209 g/mol. The summed E-state index contributed by atoms with van der Waals surface area (Å²) in [5.41, 5.74) is 0.531. The highest BCUT2D eigenvalue weighted by Crippen LogP contribution is 2.09. The summed E-state index contributed by atoms with van der Waals surface area (Å²) in [5.74, 6) is -1.15. The Morgan fingerprint density at radius 3 is 2.50 bits per heavy atom. The molecule has 0 aliphatic carbocycles. The third kappa shape index (κ3) is 2.20. The Bertz CT molecular complexity index is 502. The molecule has 0 saturated heterocycles. The van der Waals surface area contributed by atoms with Crippen molar-refractivity contribution in [2.75, 3.05) is 5.32 Å². The molecule has 2 aromatic heterocycles. The van der Waals surface area contributed by atoms with Crippen LogP contribution in [0.5, 0.6) is 0 Å². The summed E-state index contributed by atoms with van der Waals surface area (Å²) in [6.07, 6.45) is 5.45. The van der Waals surface area contributed by atoms with Crippen LogP contribution in [0.25, 0.3) is 0 Å². The number of anilines is 1. The number of nitrogens with zero attached hydrogens (tertiary/aromatic N) is 2. The van der Waals surface area contributed by atoms with Crippen molar-refractivity contribution >= 4 is 11.6 Å². The first-order valence-electron chi connectivity index (χ1n) is 4.58. The van der Waals surface area contributed by atoms with Gasteiger partial charge in [-0.1, -0.05) is 0 Å². The van der Waals surface area contributed by atoms with E-state index < -0.39 is 11.7 Å². The molecule has 0 unspecified atom stereocenters. The van der Waals surface area contributed by atoms with Crippen LogP contribution >= 0.6 is 0 Å². The highest BCUT2D eigenvalue weighted by atomic mass is 19.1. The molecule has 0 aromatic carbocycles. The summed E-state index contributed by atoms with van der Waals surface area (Å²) in [4.78, 5) is 19.0. The Kier molecular flexibility index (Phi) is 2.86. The zero-order valence-electron chi connectivity index (χ0n) is 8.22. The molecule has 16 heavy (non-hydrogen) atoms. The van der Waals surface area contributed by atoms with Gasteiger partial charge in [0.1, 0.15) is 0 Å². The van der Waals surface area contributed by atoms with Crippen molar-refractivity contribution in [2.45, 2.75) is 0 Å². The van der Waals surface area contributed by atoms with Crippen molar-refractivity contribution in [3.63, 3.8) is 0 Å². The summed E-state index contributed by atoms with van der Waals surface area (Å²) < 4.78 is 13.2. The number of halogens is 1. The second-order valence-corrected chi connectivity index (χ2v) is 3.05. The fraction of sp³-hybridized carbons (Fsp3) is 0. The quantitative estimate of drug-likeness (QED) is 0.835. The van der Waals surface area contributed by atoms with E-state index in [1.165, 1.54) is 12.3 Å². The van der Waals surface area contributed by atoms with Gasteiger partial charge >= 0.3 is 0 Å². The maximum atomic E-state index is 13.2. The molecule has 0 atom stereocenters. The molecule has 2 aromatic rings. The zero-order valence-corrected chi connectivity index (χ0v) is 8.22. The second kappa shape index (κ2) is 4.48. The minimum absolute atomic E-state index is 0.0354. The summed E-state index contributed by atoms with van der Waals surface area (Å²) in [6, 6.07) is 4.57.